The topological polar surface area (TPSA) is 36.4 Å². The highest BCUT2D eigenvalue weighted by atomic mass is 16.2. The maximum atomic E-state index is 12.8. The summed E-state index contributed by atoms with van der Waals surface area (Å²) in [6.45, 7) is 1.51. The number of carbonyl (C=O) groups is 1. The molecule has 1 fully saturated rings. The van der Waals surface area contributed by atoms with Crippen LogP contribution in [0.15, 0.2) is 54.9 Å². The molecule has 1 aliphatic rings. The number of amides is 2. The smallest absolute Gasteiger partial charge is 0.294 e. The molecule has 3 rings (SSSR count). The molecule has 0 atom stereocenters. The van der Waals surface area contributed by atoms with Gasteiger partial charge in [0.25, 0.3) is 0 Å². The third kappa shape index (κ3) is 2.50. The minimum absolute atomic E-state index is 0.0294. The zero-order valence-electron chi connectivity index (χ0n) is 11.3. The van der Waals surface area contributed by atoms with Gasteiger partial charge in [-0.05, 0) is 37.1 Å². The quantitative estimate of drug-likeness (QED) is 0.837. The van der Waals surface area contributed by atoms with Crippen LogP contribution in [0, 0.1) is 0 Å². The van der Waals surface area contributed by atoms with Crippen molar-refractivity contribution in [2.45, 2.75) is 12.8 Å². The van der Waals surface area contributed by atoms with Gasteiger partial charge in [-0.3, -0.25) is 14.8 Å². The number of pyridine rings is 1. The molecule has 0 spiro atoms. The van der Waals surface area contributed by atoms with E-state index in [0.29, 0.717) is 0 Å². The van der Waals surface area contributed by atoms with Crippen LogP contribution in [-0.4, -0.2) is 24.1 Å². The maximum Gasteiger partial charge on any atom is 0.329 e. The lowest BCUT2D eigenvalue weighted by Gasteiger charge is -2.27. The summed E-state index contributed by atoms with van der Waals surface area (Å²) in [5.41, 5.74) is 1.81. The molecule has 1 saturated heterocycles. The van der Waals surface area contributed by atoms with Crippen LogP contribution in [0.5, 0.6) is 0 Å². The monoisotopic (exact) mass is 267 g/mol. The number of hydrogen-bond acceptors (Lipinski definition) is 2. The van der Waals surface area contributed by atoms with Gasteiger partial charge in [-0.25, -0.2) is 4.79 Å². The Balaban J connectivity index is 1.91. The average Bonchev–Trinajstić information content (AvgIpc) is 2.71. The maximum absolute atomic E-state index is 12.8. The number of anilines is 2. The highest BCUT2D eigenvalue weighted by Crippen LogP contribution is 2.23. The van der Waals surface area contributed by atoms with E-state index in [1.54, 1.807) is 12.4 Å². The molecule has 0 radical (unpaired) electrons. The third-order valence-corrected chi connectivity index (χ3v) is 3.50. The number of hydrogen-bond donors (Lipinski definition) is 0. The average molecular weight is 267 g/mol. The number of benzene rings is 1. The molecule has 4 heteroatoms. The summed E-state index contributed by atoms with van der Waals surface area (Å²) >= 11 is 0. The second kappa shape index (κ2) is 5.74. The van der Waals surface area contributed by atoms with Crippen molar-refractivity contribution in [3.63, 3.8) is 0 Å². The van der Waals surface area contributed by atoms with E-state index in [9.17, 15) is 4.79 Å². The Bertz CT molecular complexity index is 519. The van der Waals surface area contributed by atoms with E-state index in [0.717, 1.165) is 37.3 Å². The molecule has 0 bridgehead atoms. The fourth-order valence-electron chi connectivity index (χ4n) is 2.48. The zero-order valence-corrected chi connectivity index (χ0v) is 11.3. The van der Waals surface area contributed by atoms with Gasteiger partial charge in [0.05, 0.1) is 11.9 Å². The van der Waals surface area contributed by atoms with Crippen LogP contribution < -0.4 is 9.80 Å². The van der Waals surface area contributed by atoms with Crippen LogP contribution in [0.25, 0.3) is 0 Å². The lowest BCUT2D eigenvalue weighted by atomic mass is 10.2. The predicted octanol–water partition coefficient (Wildman–Crippen LogP) is 3.31. The number of para-hydroxylation sites is 1. The molecule has 0 N–H and O–H groups in total. The number of aromatic nitrogens is 1. The molecular formula is C16H17N3O. The van der Waals surface area contributed by atoms with E-state index >= 15 is 0 Å². The van der Waals surface area contributed by atoms with E-state index in [1.807, 2.05) is 52.3 Å². The number of nitrogens with zero attached hydrogens (tertiary/aromatic N) is 3. The van der Waals surface area contributed by atoms with Crippen LogP contribution in [0.2, 0.25) is 0 Å². The minimum atomic E-state index is 0.0294. The Labute approximate surface area is 118 Å². The van der Waals surface area contributed by atoms with Gasteiger partial charge in [-0.1, -0.05) is 18.2 Å². The standard InChI is InChI=1S/C16H17N3O/c20-16-18(14-7-2-1-3-8-14)11-4-5-12-19(16)15-9-6-10-17-13-15/h1-3,6-10,13H,4-5,11-12H2. The normalized spacial score (nSPS) is 16.1. The van der Waals surface area contributed by atoms with E-state index in [1.165, 1.54) is 0 Å². The van der Waals surface area contributed by atoms with E-state index in [-0.39, 0.29) is 6.03 Å². The molecule has 0 saturated carbocycles. The lowest BCUT2D eigenvalue weighted by Crippen LogP contribution is -2.42. The third-order valence-electron chi connectivity index (χ3n) is 3.50. The summed E-state index contributed by atoms with van der Waals surface area (Å²) in [6, 6.07) is 13.7. The van der Waals surface area contributed by atoms with Crippen molar-refractivity contribution in [2.24, 2.45) is 0 Å². The number of carbonyl (C=O) groups excluding carboxylic acids is 1. The van der Waals surface area contributed by atoms with Crippen molar-refractivity contribution in [2.75, 3.05) is 22.9 Å². The molecule has 1 aromatic carbocycles. The molecule has 20 heavy (non-hydrogen) atoms. The van der Waals surface area contributed by atoms with Crippen molar-refractivity contribution < 1.29 is 4.79 Å². The van der Waals surface area contributed by atoms with Gasteiger partial charge < -0.3 is 0 Å². The Hall–Kier alpha value is -2.36. The van der Waals surface area contributed by atoms with Crippen LogP contribution in [0.3, 0.4) is 0 Å². The Kier molecular flexibility index (Phi) is 3.63. The first-order valence-electron chi connectivity index (χ1n) is 6.90. The van der Waals surface area contributed by atoms with Crippen molar-refractivity contribution in [3.8, 4) is 0 Å². The van der Waals surface area contributed by atoms with Gasteiger partial charge in [0.2, 0.25) is 0 Å². The van der Waals surface area contributed by atoms with Crippen molar-refractivity contribution in [3.05, 3.63) is 54.9 Å². The predicted molar refractivity (Wildman–Crippen MR) is 80.0 cm³/mol. The van der Waals surface area contributed by atoms with Gasteiger partial charge in [-0.15, -0.1) is 0 Å². The first-order chi connectivity index (χ1) is 9.86. The van der Waals surface area contributed by atoms with Crippen LogP contribution in [-0.2, 0) is 0 Å². The van der Waals surface area contributed by atoms with Gasteiger partial charge in [0.1, 0.15) is 0 Å². The fraction of sp³-hybridized carbons (Fsp3) is 0.250. The summed E-state index contributed by atoms with van der Waals surface area (Å²) < 4.78 is 0. The van der Waals surface area contributed by atoms with Gasteiger partial charge in [0, 0.05) is 25.0 Å². The first-order valence-corrected chi connectivity index (χ1v) is 6.90. The Morgan fingerprint density at radius 3 is 2.15 bits per heavy atom. The summed E-state index contributed by atoms with van der Waals surface area (Å²) in [5, 5.41) is 0. The molecule has 1 aliphatic heterocycles. The Morgan fingerprint density at radius 1 is 0.850 bits per heavy atom. The fourth-order valence-corrected chi connectivity index (χ4v) is 2.48. The first kappa shape index (κ1) is 12.7. The van der Waals surface area contributed by atoms with Crippen molar-refractivity contribution in [1.82, 2.24) is 4.98 Å². The van der Waals surface area contributed by atoms with Crippen LogP contribution in [0.4, 0.5) is 16.2 Å². The number of rotatable bonds is 2. The highest BCUT2D eigenvalue weighted by Gasteiger charge is 2.25. The molecule has 2 aromatic rings. The van der Waals surface area contributed by atoms with Crippen LogP contribution >= 0.6 is 0 Å². The van der Waals surface area contributed by atoms with E-state index in [4.69, 9.17) is 0 Å². The molecule has 0 aliphatic carbocycles. The molecule has 2 amide bonds. The minimum Gasteiger partial charge on any atom is -0.294 e. The summed E-state index contributed by atoms with van der Waals surface area (Å²) in [7, 11) is 0. The molecule has 1 aromatic heterocycles. The van der Waals surface area contributed by atoms with Crippen molar-refractivity contribution >= 4 is 17.4 Å². The van der Waals surface area contributed by atoms with Crippen LogP contribution in [0.1, 0.15) is 12.8 Å². The highest BCUT2D eigenvalue weighted by molar-refractivity contribution is 6.03. The SMILES string of the molecule is O=C1N(c2ccccc2)CCCCN1c1cccnc1. The van der Waals surface area contributed by atoms with Gasteiger partial charge in [-0.2, -0.15) is 0 Å². The second-order valence-corrected chi connectivity index (χ2v) is 4.84. The number of urea groups is 1. The molecule has 4 nitrogen and oxygen atoms in total. The van der Waals surface area contributed by atoms with Crippen molar-refractivity contribution in [1.29, 1.82) is 0 Å². The van der Waals surface area contributed by atoms with Gasteiger partial charge in [0.15, 0.2) is 0 Å². The summed E-state index contributed by atoms with van der Waals surface area (Å²) in [6.07, 6.45) is 5.48. The molecular weight excluding hydrogens is 250 g/mol. The molecule has 2 heterocycles. The molecule has 102 valence electrons. The zero-order chi connectivity index (χ0) is 13.8. The van der Waals surface area contributed by atoms with E-state index in [2.05, 4.69) is 4.98 Å². The largest absolute Gasteiger partial charge is 0.329 e. The lowest BCUT2D eigenvalue weighted by molar-refractivity contribution is 0.252. The van der Waals surface area contributed by atoms with Gasteiger partial charge >= 0.3 is 6.03 Å². The Morgan fingerprint density at radius 2 is 1.50 bits per heavy atom. The van der Waals surface area contributed by atoms with E-state index < -0.39 is 0 Å². The summed E-state index contributed by atoms with van der Waals surface area (Å²) in [4.78, 5) is 20.5. The molecule has 0 unspecified atom stereocenters. The summed E-state index contributed by atoms with van der Waals surface area (Å²) in [5.74, 6) is 0. The second-order valence-electron chi connectivity index (χ2n) is 4.84.